The van der Waals surface area contributed by atoms with Gasteiger partial charge in [0.25, 0.3) is 0 Å². The summed E-state index contributed by atoms with van der Waals surface area (Å²) in [4.78, 5) is 16.0. The molecular formula is C22H27ClN2O3. The van der Waals surface area contributed by atoms with E-state index in [0.29, 0.717) is 6.61 Å². The molecule has 0 aromatic heterocycles. The molecule has 3 rings (SSSR count). The van der Waals surface area contributed by atoms with E-state index in [-0.39, 0.29) is 18.6 Å². The van der Waals surface area contributed by atoms with E-state index in [0.717, 1.165) is 37.7 Å². The maximum atomic E-state index is 11.1. The average Bonchev–Trinajstić information content (AvgIpc) is 2.74. The zero-order valence-corrected chi connectivity index (χ0v) is 17.0. The lowest BCUT2D eigenvalue weighted by atomic mass is 9.96. The minimum absolute atomic E-state index is 0.0170. The van der Waals surface area contributed by atoms with Crippen molar-refractivity contribution in [2.24, 2.45) is 0 Å². The third-order valence-corrected chi connectivity index (χ3v) is 5.32. The molecule has 1 saturated heterocycles. The van der Waals surface area contributed by atoms with Crippen LogP contribution >= 0.6 is 11.6 Å². The number of esters is 1. The molecule has 0 N–H and O–H groups in total. The van der Waals surface area contributed by atoms with Crippen molar-refractivity contribution in [1.29, 1.82) is 0 Å². The Balaban J connectivity index is 1.59. The molecule has 28 heavy (non-hydrogen) atoms. The van der Waals surface area contributed by atoms with Gasteiger partial charge in [-0.2, -0.15) is 0 Å². The lowest BCUT2D eigenvalue weighted by Gasteiger charge is -2.39. The smallest absolute Gasteiger partial charge is 0.331 e. The molecule has 0 amide bonds. The molecule has 0 saturated carbocycles. The second-order valence-electron chi connectivity index (χ2n) is 6.87. The van der Waals surface area contributed by atoms with E-state index in [1.54, 1.807) is 0 Å². The molecule has 0 bridgehead atoms. The molecule has 1 aliphatic heterocycles. The van der Waals surface area contributed by atoms with E-state index < -0.39 is 0 Å². The van der Waals surface area contributed by atoms with Crippen LogP contribution in [0, 0.1) is 0 Å². The number of halogens is 1. The van der Waals surface area contributed by atoms with Crippen molar-refractivity contribution in [2.75, 3.05) is 53.0 Å². The summed E-state index contributed by atoms with van der Waals surface area (Å²) in [7, 11) is 1.37. The predicted octanol–water partition coefficient (Wildman–Crippen LogP) is 3.24. The van der Waals surface area contributed by atoms with Crippen molar-refractivity contribution in [3.8, 4) is 0 Å². The highest BCUT2D eigenvalue weighted by Gasteiger charge is 2.26. The van der Waals surface area contributed by atoms with E-state index in [2.05, 4.69) is 57.0 Å². The highest BCUT2D eigenvalue weighted by molar-refractivity contribution is 6.30. The van der Waals surface area contributed by atoms with E-state index in [1.807, 2.05) is 12.1 Å². The molecule has 5 nitrogen and oxygen atoms in total. The number of benzene rings is 2. The van der Waals surface area contributed by atoms with E-state index in [4.69, 9.17) is 16.3 Å². The molecule has 150 valence electrons. The fourth-order valence-corrected chi connectivity index (χ4v) is 3.67. The van der Waals surface area contributed by atoms with Gasteiger partial charge in [0.05, 0.1) is 19.8 Å². The van der Waals surface area contributed by atoms with Gasteiger partial charge in [-0.25, -0.2) is 4.79 Å². The predicted molar refractivity (Wildman–Crippen MR) is 111 cm³/mol. The number of hydrogen-bond acceptors (Lipinski definition) is 5. The number of methoxy groups -OCH3 is 1. The molecule has 0 spiro atoms. The quantitative estimate of drug-likeness (QED) is 0.501. The van der Waals surface area contributed by atoms with Crippen molar-refractivity contribution < 1.29 is 14.3 Å². The minimum atomic E-state index is -0.335. The van der Waals surface area contributed by atoms with Crippen LogP contribution in [0.2, 0.25) is 5.02 Å². The molecule has 0 unspecified atom stereocenters. The molecular weight excluding hydrogens is 376 g/mol. The van der Waals surface area contributed by atoms with Crippen LogP contribution in [0.4, 0.5) is 0 Å². The second kappa shape index (κ2) is 10.6. The van der Waals surface area contributed by atoms with Crippen LogP contribution in [0.5, 0.6) is 0 Å². The molecule has 1 fully saturated rings. The summed E-state index contributed by atoms with van der Waals surface area (Å²) in [6.07, 6.45) is 0. The van der Waals surface area contributed by atoms with Crippen LogP contribution in [-0.4, -0.2) is 68.8 Å². The number of rotatable bonds is 8. The first kappa shape index (κ1) is 20.8. The Labute approximate surface area is 171 Å². The van der Waals surface area contributed by atoms with Crippen molar-refractivity contribution in [1.82, 2.24) is 9.80 Å². The van der Waals surface area contributed by atoms with Crippen molar-refractivity contribution >= 4 is 17.6 Å². The summed E-state index contributed by atoms with van der Waals surface area (Å²) in [5.74, 6) is -0.335. The minimum Gasteiger partial charge on any atom is -0.467 e. The molecule has 1 aliphatic rings. The second-order valence-corrected chi connectivity index (χ2v) is 7.31. The summed E-state index contributed by atoms with van der Waals surface area (Å²) in [5.41, 5.74) is 2.55. The van der Waals surface area contributed by atoms with Gasteiger partial charge in [0, 0.05) is 37.7 Å². The van der Waals surface area contributed by atoms with Crippen LogP contribution in [0.25, 0.3) is 0 Å². The average molecular weight is 403 g/mol. The summed E-state index contributed by atoms with van der Waals surface area (Å²) >= 11 is 6.10. The van der Waals surface area contributed by atoms with Gasteiger partial charge < -0.3 is 9.47 Å². The summed E-state index contributed by atoms with van der Waals surface area (Å²) < 4.78 is 9.95. The Hall–Kier alpha value is -1.92. The number of carbonyl (C=O) groups excluding carboxylic acids is 1. The standard InChI is InChI=1S/C22H27ClN2O3/c1-27-21(26)17-28-16-15-24-11-13-25(14-12-24)22(18-5-3-2-4-6-18)19-7-9-20(23)10-8-19/h2-10,22H,11-17H2,1H3/t22-/m0/s1. The zero-order chi connectivity index (χ0) is 19.8. The largest absolute Gasteiger partial charge is 0.467 e. The van der Waals surface area contributed by atoms with Crippen LogP contribution in [0.1, 0.15) is 17.2 Å². The fourth-order valence-electron chi connectivity index (χ4n) is 3.55. The first-order valence-electron chi connectivity index (χ1n) is 9.59. The molecule has 2 aromatic carbocycles. The Morgan fingerprint density at radius 3 is 2.29 bits per heavy atom. The molecule has 2 aromatic rings. The van der Waals surface area contributed by atoms with E-state index >= 15 is 0 Å². The van der Waals surface area contributed by atoms with Gasteiger partial charge in [-0.15, -0.1) is 0 Å². The Morgan fingerprint density at radius 1 is 1.00 bits per heavy atom. The van der Waals surface area contributed by atoms with Gasteiger partial charge in [-0.1, -0.05) is 54.1 Å². The van der Waals surface area contributed by atoms with Crippen molar-refractivity contribution in [3.05, 3.63) is 70.7 Å². The topological polar surface area (TPSA) is 42.0 Å². The van der Waals surface area contributed by atoms with Crippen LogP contribution in [-0.2, 0) is 14.3 Å². The van der Waals surface area contributed by atoms with Gasteiger partial charge >= 0.3 is 5.97 Å². The number of piperazine rings is 1. The third kappa shape index (κ3) is 5.79. The van der Waals surface area contributed by atoms with Gasteiger partial charge in [-0.05, 0) is 23.3 Å². The number of carbonyl (C=O) groups is 1. The molecule has 1 heterocycles. The first-order chi connectivity index (χ1) is 13.7. The lowest BCUT2D eigenvalue weighted by molar-refractivity contribution is -0.146. The Bertz CT molecular complexity index is 731. The third-order valence-electron chi connectivity index (χ3n) is 5.07. The van der Waals surface area contributed by atoms with Gasteiger partial charge in [0.1, 0.15) is 6.61 Å². The van der Waals surface area contributed by atoms with E-state index in [9.17, 15) is 4.79 Å². The Kier molecular flexibility index (Phi) is 7.86. The maximum absolute atomic E-state index is 11.1. The van der Waals surface area contributed by atoms with Crippen LogP contribution in [0.3, 0.4) is 0 Å². The monoisotopic (exact) mass is 402 g/mol. The molecule has 0 aliphatic carbocycles. The first-order valence-corrected chi connectivity index (χ1v) is 9.96. The van der Waals surface area contributed by atoms with Crippen molar-refractivity contribution in [3.63, 3.8) is 0 Å². The summed E-state index contributed by atoms with van der Waals surface area (Å²) in [6, 6.07) is 19.0. The van der Waals surface area contributed by atoms with Crippen LogP contribution in [0.15, 0.2) is 54.6 Å². The highest BCUT2D eigenvalue weighted by atomic mass is 35.5. The summed E-state index contributed by atoms with van der Waals surface area (Å²) in [6.45, 7) is 5.26. The number of hydrogen-bond donors (Lipinski definition) is 0. The highest BCUT2D eigenvalue weighted by Crippen LogP contribution is 2.30. The molecule has 6 heteroatoms. The number of nitrogens with zero attached hydrogens (tertiary/aromatic N) is 2. The van der Waals surface area contributed by atoms with Gasteiger partial charge in [0.15, 0.2) is 0 Å². The summed E-state index contributed by atoms with van der Waals surface area (Å²) in [5, 5.41) is 0.757. The SMILES string of the molecule is COC(=O)COCCN1CCN([C@@H](c2ccccc2)c2ccc(Cl)cc2)CC1. The molecule has 0 radical (unpaired) electrons. The van der Waals surface area contributed by atoms with Gasteiger partial charge in [-0.3, -0.25) is 9.80 Å². The Morgan fingerprint density at radius 2 is 1.64 bits per heavy atom. The van der Waals surface area contributed by atoms with Gasteiger partial charge in [0.2, 0.25) is 0 Å². The number of ether oxygens (including phenoxy) is 2. The normalized spacial score (nSPS) is 16.6. The van der Waals surface area contributed by atoms with Crippen LogP contribution < -0.4 is 0 Å². The zero-order valence-electron chi connectivity index (χ0n) is 16.2. The fraction of sp³-hybridized carbons (Fsp3) is 0.409. The van der Waals surface area contributed by atoms with Crippen molar-refractivity contribution in [2.45, 2.75) is 6.04 Å². The lowest BCUT2D eigenvalue weighted by Crippen LogP contribution is -2.48. The maximum Gasteiger partial charge on any atom is 0.331 e. The van der Waals surface area contributed by atoms with E-state index in [1.165, 1.54) is 18.2 Å². The molecule has 1 atom stereocenters.